The fraction of sp³-hybridized carbons (Fsp3) is 1.00. The van der Waals surface area contributed by atoms with Gasteiger partial charge in [0.15, 0.2) is 0 Å². The summed E-state index contributed by atoms with van der Waals surface area (Å²) in [7, 11) is 0. The predicted molar refractivity (Wildman–Crippen MR) is 84.9 cm³/mol. The first kappa shape index (κ1) is 16.3. The van der Waals surface area contributed by atoms with Crippen molar-refractivity contribution in [3.8, 4) is 0 Å². The zero-order valence-electron chi connectivity index (χ0n) is 13.9. The lowest BCUT2D eigenvalue weighted by molar-refractivity contribution is 0.129. The number of hydrogen-bond acceptors (Lipinski definition) is 3. The minimum Gasteiger partial charge on any atom is -0.394 e. The lowest BCUT2D eigenvalue weighted by atomic mass is 9.97. The highest BCUT2D eigenvalue weighted by Gasteiger charge is 2.44. The molecule has 3 nitrogen and oxygen atoms in total. The van der Waals surface area contributed by atoms with Gasteiger partial charge in [-0.25, -0.2) is 0 Å². The SMILES string of the molecule is CC(C)CCN(C1CC1)C1CCC(CO)(NC(C)C)C1. The molecule has 0 saturated heterocycles. The summed E-state index contributed by atoms with van der Waals surface area (Å²) in [6, 6.07) is 1.97. The van der Waals surface area contributed by atoms with Gasteiger partial charge >= 0.3 is 0 Å². The first-order valence-corrected chi connectivity index (χ1v) is 8.60. The van der Waals surface area contributed by atoms with Gasteiger partial charge in [0, 0.05) is 23.7 Å². The van der Waals surface area contributed by atoms with E-state index in [0.717, 1.165) is 24.8 Å². The quantitative estimate of drug-likeness (QED) is 0.718. The molecule has 2 unspecified atom stereocenters. The summed E-state index contributed by atoms with van der Waals surface area (Å²) in [5.74, 6) is 0.786. The molecule has 0 amide bonds. The molecule has 0 radical (unpaired) electrons. The van der Waals surface area contributed by atoms with E-state index in [1.54, 1.807) is 0 Å². The highest BCUT2D eigenvalue weighted by atomic mass is 16.3. The summed E-state index contributed by atoms with van der Waals surface area (Å²) in [6.07, 6.45) is 7.57. The van der Waals surface area contributed by atoms with Crippen molar-refractivity contribution in [3.05, 3.63) is 0 Å². The van der Waals surface area contributed by atoms with E-state index in [1.165, 1.54) is 32.2 Å². The molecule has 118 valence electrons. The van der Waals surface area contributed by atoms with Crippen molar-refractivity contribution in [2.75, 3.05) is 13.2 Å². The molecule has 2 atom stereocenters. The fourth-order valence-electron chi connectivity index (χ4n) is 3.79. The maximum absolute atomic E-state index is 9.86. The molecule has 2 fully saturated rings. The Bertz CT molecular complexity index is 301. The first-order chi connectivity index (χ1) is 9.46. The Kier molecular flexibility index (Phi) is 5.49. The van der Waals surface area contributed by atoms with Crippen LogP contribution < -0.4 is 5.32 Å². The normalized spacial score (nSPS) is 30.9. The van der Waals surface area contributed by atoms with Gasteiger partial charge in [0.05, 0.1) is 6.61 Å². The highest BCUT2D eigenvalue weighted by molar-refractivity contribution is 5.02. The van der Waals surface area contributed by atoms with Crippen LogP contribution >= 0.6 is 0 Å². The average Bonchev–Trinajstić information content (AvgIpc) is 3.11. The van der Waals surface area contributed by atoms with Crippen LogP contribution in [0.25, 0.3) is 0 Å². The fourth-order valence-corrected chi connectivity index (χ4v) is 3.79. The molecular formula is C17H34N2O. The largest absolute Gasteiger partial charge is 0.394 e. The summed E-state index contributed by atoms with van der Waals surface area (Å²) in [5, 5.41) is 13.5. The molecule has 0 spiro atoms. The Morgan fingerprint density at radius 1 is 1.15 bits per heavy atom. The summed E-state index contributed by atoms with van der Waals surface area (Å²) in [4.78, 5) is 2.76. The van der Waals surface area contributed by atoms with E-state index in [-0.39, 0.29) is 12.1 Å². The van der Waals surface area contributed by atoms with Gasteiger partial charge in [0.2, 0.25) is 0 Å². The third-order valence-corrected chi connectivity index (χ3v) is 4.93. The summed E-state index contributed by atoms with van der Waals surface area (Å²) in [5.41, 5.74) is -0.0240. The molecule has 0 aromatic carbocycles. The van der Waals surface area contributed by atoms with Gasteiger partial charge in [-0.05, 0) is 51.0 Å². The van der Waals surface area contributed by atoms with E-state index in [9.17, 15) is 5.11 Å². The van der Waals surface area contributed by atoms with E-state index >= 15 is 0 Å². The van der Waals surface area contributed by atoms with E-state index in [4.69, 9.17) is 0 Å². The van der Waals surface area contributed by atoms with Crippen LogP contribution in [0.3, 0.4) is 0 Å². The Morgan fingerprint density at radius 2 is 1.85 bits per heavy atom. The Labute approximate surface area is 125 Å². The zero-order chi connectivity index (χ0) is 14.8. The maximum atomic E-state index is 9.86. The van der Waals surface area contributed by atoms with E-state index < -0.39 is 0 Å². The molecule has 0 aromatic rings. The van der Waals surface area contributed by atoms with Crippen molar-refractivity contribution in [2.45, 2.75) is 89.9 Å². The van der Waals surface area contributed by atoms with E-state index in [2.05, 4.69) is 37.9 Å². The molecule has 0 aromatic heterocycles. The third-order valence-electron chi connectivity index (χ3n) is 4.93. The van der Waals surface area contributed by atoms with Gasteiger partial charge in [0.25, 0.3) is 0 Å². The van der Waals surface area contributed by atoms with Crippen molar-refractivity contribution < 1.29 is 5.11 Å². The summed E-state index contributed by atoms with van der Waals surface area (Å²) in [6.45, 7) is 10.5. The Balaban J connectivity index is 1.94. The summed E-state index contributed by atoms with van der Waals surface area (Å²) < 4.78 is 0. The number of nitrogens with one attached hydrogen (secondary N) is 1. The van der Waals surface area contributed by atoms with Crippen LogP contribution in [0.5, 0.6) is 0 Å². The monoisotopic (exact) mass is 282 g/mol. The number of nitrogens with zero attached hydrogens (tertiary/aromatic N) is 1. The van der Waals surface area contributed by atoms with Crippen molar-refractivity contribution in [3.63, 3.8) is 0 Å². The number of aliphatic hydroxyl groups excluding tert-OH is 1. The molecule has 2 saturated carbocycles. The second-order valence-corrected chi connectivity index (χ2v) is 7.79. The molecule has 2 aliphatic carbocycles. The molecule has 2 aliphatic rings. The standard InChI is InChI=1S/C17H34N2O/c1-13(2)8-10-19(15-5-6-15)16-7-9-17(11-16,12-20)18-14(3)4/h13-16,18,20H,5-12H2,1-4H3. The van der Waals surface area contributed by atoms with Gasteiger partial charge in [-0.3, -0.25) is 4.90 Å². The van der Waals surface area contributed by atoms with E-state index in [0.29, 0.717) is 12.1 Å². The maximum Gasteiger partial charge on any atom is 0.0614 e. The van der Waals surface area contributed by atoms with Crippen molar-refractivity contribution in [1.29, 1.82) is 0 Å². The van der Waals surface area contributed by atoms with Crippen LogP contribution in [0.2, 0.25) is 0 Å². The van der Waals surface area contributed by atoms with Gasteiger partial charge in [-0.1, -0.05) is 27.7 Å². The van der Waals surface area contributed by atoms with E-state index in [1.807, 2.05) is 0 Å². The molecule has 0 heterocycles. The second kappa shape index (κ2) is 6.76. The minimum atomic E-state index is -0.0240. The zero-order valence-corrected chi connectivity index (χ0v) is 13.9. The van der Waals surface area contributed by atoms with Crippen molar-refractivity contribution in [1.82, 2.24) is 10.2 Å². The van der Waals surface area contributed by atoms with Crippen LogP contribution in [0.4, 0.5) is 0 Å². The van der Waals surface area contributed by atoms with Crippen LogP contribution in [-0.2, 0) is 0 Å². The lowest BCUT2D eigenvalue weighted by Gasteiger charge is -2.34. The highest BCUT2D eigenvalue weighted by Crippen LogP contribution is 2.39. The van der Waals surface area contributed by atoms with Crippen molar-refractivity contribution in [2.24, 2.45) is 5.92 Å². The molecule has 0 bridgehead atoms. The number of rotatable bonds is 8. The van der Waals surface area contributed by atoms with Gasteiger partial charge in [-0.2, -0.15) is 0 Å². The van der Waals surface area contributed by atoms with Crippen LogP contribution in [-0.4, -0.2) is 46.8 Å². The van der Waals surface area contributed by atoms with Gasteiger partial charge < -0.3 is 10.4 Å². The van der Waals surface area contributed by atoms with Gasteiger partial charge in [0.1, 0.15) is 0 Å². The minimum absolute atomic E-state index is 0.0240. The number of aliphatic hydroxyl groups is 1. The molecule has 20 heavy (non-hydrogen) atoms. The third kappa shape index (κ3) is 4.19. The lowest BCUT2D eigenvalue weighted by Crippen LogP contribution is -2.51. The molecule has 0 aliphatic heterocycles. The van der Waals surface area contributed by atoms with Crippen LogP contribution in [0.1, 0.15) is 66.2 Å². The van der Waals surface area contributed by atoms with Gasteiger partial charge in [-0.15, -0.1) is 0 Å². The van der Waals surface area contributed by atoms with Crippen LogP contribution in [0.15, 0.2) is 0 Å². The molecule has 2 N–H and O–H groups in total. The average molecular weight is 282 g/mol. The topological polar surface area (TPSA) is 35.5 Å². The molecule has 2 rings (SSSR count). The predicted octanol–water partition coefficient (Wildman–Crippen LogP) is 2.78. The molecule has 3 heteroatoms. The first-order valence-electron chi connectivity index (χ1n) is 8.60. The van der Waals surface area contributed by atoms with Crippen LogP contribution in [0, 0.1) is 5.92 Å². The number of hydrogen-bond donors (Lipinski definition) is 2. The summed E-state index contributed by atoms with van der Waals surface area (Å²) >= 11 is 0. The Hall–Kier alpha value is -0.120. The second-order valence-electron chi connectivity index (χ2n) is 7.79. The van der Waals surface area contributed by atoms with Crippen molar-refractivity contribution >= 4 is 0 Å². The smallest absolute Gasteiger partial charge is 0.0614 e. The Morgan fingerprint density at radius 3 is 2.35 bits per heavy atom. The molecular weight excluding hydrogens is 248 g/mol.